The first kappa shape index (κ1) is 15.0. The Balaban J connectivity index is 2.58. The molecular weight excluding hydrogens is 257 g/mol. The Bertz CT molecular complexity index is 479. The van der Waals surface area contributed by atoms with Gasteiger partial charge in [-0.1, -0.05) is 6.92 Å². The lowest BCUT2D eigenvalue weighted by Crippen LogP contribution is -2.28. The van der Waals surface area contributed by atoms with E-state index < -0.39 is 15.7 Å². The molecule has 0 saturated heterocycles. The summed E-state index contributed by atoms with van der Waals surface area (Å²) >= 11 is 0. The molecule has 0 aromatic carbocycles. The Hall–Kier alpha value is -1.05. The second kappa shape index (κ2) is 6.77. The summed E-state index contributed by atoms with van der Waals surface area (Å²) in [5.41, 5.74) is 3.17. The molecule has 1 rings (SSSR count). The quantitative estimate of drug-likeness (QED) is 0.571. The predicted molar refractivity (Wildman–Crippen MR) is 67.8 cm³/mol. The van der Waals surface area contributed by atoms with Crippen molar-refractivity contribution in [1.29, 1.82) is 0 Å². The third-order valence-corrected chi connectivity index (χ3v) is 4.51. The topological polar surface area (TPSA) is 85.1 Å². The van der Waals surface area contributed by atoms with E-state index in [0.717, 1.165) is 6.20 Å². The van der Waals surface area contributed by atoms with Crippen LogP contribution in [0.1, 0.15) is 31.4 Å². The molecule has 0 radical (unpaired) electrons. The number of hydrogen-bond acceptors (Lipinski definition) is 5. The van der Waals surface area contributed by atoms with Gasteiger partial charge in [0.05, 0.1) is 11.9 Å². The van der Waals surface area contributed by atoms with Crippen LogP contribution in [0.2, 0.25) is 0 Å². The lowest BCUT2D eigenvalue weighted by Gasteiger charge is -2.15. The normalized spacial score (nSPS) is 13.5. The van der Waals surface area contributed by atoms with E-state index in [0.29, 0.717) is 18.4 Å². The van der Waals surface area contributed by atoms with E-state index in [9.17, 15) is 12.8 Å². The van der Waals surface area contributed by atoms with Crippen LogP contribution in [0.4, 0.5) is 4.39 Å². The summed E-state index contributed by atoms with van der Waals surface area (Å²) in [5.74, 6) is 5.20. The van der Waals surface area contributed by atoms with Gasteiger partial charge >= 0.3 is 0 Å². The minimum absolute atomic E-state index is 0.116. The summed E-state index contributed by atoms with van der Waals surface area (Å²) in [7, 11) is -2.97. The van der Waals surface area contributed by atoms with Gasteiger partial charge < -0.3 is 0 Å². The molecule has 102 valence electrons. The predicted octanol–water partition coefficient (Wildman–Crippen LogP) is 0.940. The molecule has 5 nitrogen and oxygen atoms in total. The molecule has 0 bridgehead atoms. The van der Waals surface area contributed by atoms with Gasteiger partial charge in [0.2, 0.25) is 0 Å². The minimum atomic E-state index is -2.97. The van der Waals surface area contributed by atoms with Gasteiger partial charge in [0.25, 0.3) is 0 Å². The van der Waals surface area contributed by atoms with Crippen molar-refractivity contribution in [2.24, 2.45) is 5.84 Å². The van der Waals surface area contributed by atoms with Gasteiger partial charge in [-0.25, -0.2) is 12.8 Å². The summed E-state index contributed by atoms with van der Waals surface area (Å²) < 4.78 is 35.7. The number of pyridine rings is 1. The van der Waals surface area contributed by atoms with E-state index >= 15 is 0 Å². The molecule has 1 heterocycles. The molecule has 7 heteroatoms. The van der Waals surface area contributed by atoms with Crippen LogP contribution in [-0.2, 0) is 9.84 Å². The zero-order chi connectivity index (χ0) is 13.6. The summed E-state index contributed by atoms with van der Waals surface area (Å²) in [6.45, 7) is 1.62. The average Bonchev–Trinajstić information content (AvgIpc) is 2.34. The molecule has 0 amide bonds. The number of hydrazine groups is 1. The number of sulfone groups is 1. The fourth-order valence-electron chi connectivity index (χ4n) is 1.62. The third-order valence-electron chi connectivity index (χ3n) is 2.72. The number of rotatable bonds is 7. The highest BCUT2D eigenvalue weighted by Crippen LogP contribution is 2.18. The molecule has 1 atom stereocenters. The van der Waals surface area contributed by atoms with Gasteiger partial charge in [0.15, 0.2) is 0 Å². The molecule has 0 aliphatic heterocycles. The molecule has 0 spiro atoms. The second-order valence-electron chi connectivity index (χ2n) is 4.03. The summed E-state index contributed by atoms with van der Waals surface area (Å²) in [6, 6.07) is 1.05. The molecule has 0 aliphatic rings. The molecule has 0 saturated carbocycles. The van der Waals surface area contributed by atoms with E-state index in [2.05, 4.69) is 10.4 Å². The standard InChI is InChI=1S/C11H18FN3O2S/c1-2-18(16,17)5-3-4-11(15-13)9-6-10(12)8-14-7-9/h6-8,11,15H,2-5,13H2,1H3. The maximum absolute atomic E-state index is 13.0. The molecule has 1 unspecified atom stereocenters. The van der Waals surface area contributed by atoms with Crippen LogP contribution in [0.3, 0.4) is 0 Å². The van der Waals surface area contributed by atoms with Crippen molar-refractivity contribution in [3.05, 3.63) is 29.8 Å². The van der Waals surface area contributed by atoms with Crippen molar-refractivity contribution >= 4 is 9.84 Å². The lowest BCUT2D eigenvalue weighted by molar-refractivity contribution is 0.501. The van der Waals surface area contributed by atoms with E-state index in [4.69, 9.17) is 5.84 Å². The minimum Gasteiger partial charge on any atom is -0.271 e. The van der Waals surface area contributed by atoms with Gasteiger partial charge in [-0.3, -0.25) is 16.3 Å². The monoisotopic (exact) mass is 275 g/mol. The van der Waals surface area contributed by atoms with Gasteiger partial charge in [-0.05, 0) is 24.5 Å². The zero-order valence-electron chi connectivity index (χ0n) is 10.3. The maximum atomic E-state index is 13.0. The zero-order valence-corrected chi connectivity index (χ0v) is 11.1. The van der Waals surface area contributed by atoms with Crippen LogP contribution in [0.25, 0.3) is 0 Å². The summed E-state index contributed by atoms with van der Waals surface area (Å²) in [5, 5.41) is 0. The Morgan fingerprint density at radius 3 is 2.78 bits per heavy atom. The van der Waals surface area contributed by atoms with Crippen LogP contribution in [0.5, 0.6) is 0 Å². The number of hydrogen-bond donors (Lipinski definition) is 2. The van der Waals surface area contributed by atoms with Crippen molar-refractivity contribution in [1.82, 2.24) is 10.4 Å². The van der Waals surface area contributed by atoms with Crippen LogP contribution in [0.15, 0.2) is 18.5 Å². The average molecular weight is 275 g/mol. The largest absolute Gasteiger partial charge is 0.271 e. The molecule has 0 fully saturated rings. The van der Waals surface area contributed by atoms with Crippen molar-refractivity contribution in [3.8, 4) is 0 Å². The summed E-state index contributed by atoms with van der Waals surface area (Å²) in [6.07, 6.45) is 3.61. The molecule has 1 aromatic rings. The SMILES string of the molecule is CCS(=O)(=O)CCCC(NN)c1cncc(F)c1. The highest BCUT2D eigenvalue weighted by molar-refractivity contribution is 7.91. The smallest absolute Gasteiger partial charge is 0.150 e. The summed E-state index contributed by atoms with van der Waals surface area (Å²) in [4.78, 5) is 3.74. The fraction of sp³-hybridized carbons (Fsp3) is 0.545. The molecular formula is C11H18FN3O2S. The number of nitrogens with one attached hydrogen (secondary N) is 1. The van der Waals surface area contributed by atoms with Gasteiger partial charge in [0, 0.05) is 18.0 Å². The highest BCUT2D eigenvalue weighted by Gasteiger charge is 2.13. The Morgan fingerprint density at radius 1 is 1.50 bits per heavy atom. The molecule has 18 heavy (non-hydrogen) atoms. The Kier molecular flexibility index (Phi) is 5.64. The Labute approximate surface area is 106 Å². The van der Waals surface area contributed by atoms with E-state index in [1.807, 2.05) is 0 Å². The first-order valence-electron chi connectivity index (χ1n) is 5.75. The number of halogens is 1. The van der Waals surface area contributed by atoms with Crippen molar-refractivity contribution < 1.29 is 12.8 Å². The van der Waals surface area contributed by atoms with Gasteiger partial charge in [-0.15, -0.1) is 0 Å². The number of aromatic nitrogens is 1. The molecule has 0 aliphatic carbocycles. The lowest BCUT2D eigenvalue weighted by atomic mass is 10.1. The number of nitrogens with zero attached hydrogens (tertiary/aromatic N) is 1. The van der Waals surface area contributed by atoms with Crippen LogP contribution in [0, 0.1) is 5.82 Å². The number of nitrogens with two attached hydrogens (primary N) is 1. The van der Waals surface area contributed by atoms with E-state index in [1.54, 1.807) is 6.92 Å². The van der Waals surface area contributed by atoms with E-state index in [-0.39, 0.29) is 17.5 Å². The van der Waals surface area contributed by atoms with E-state index in [1.165, 1.54) is 12.3 Å². The Morgan fingerprint density at radius 2 is 2.22 bits per heavy atom. The fourth-order valence-corrected chi connectivity index (χ4v) is 2.51. The van der Waals surface area contributed by atoms with Crippen molar-refractivity contribution in [3.63, 3.8) is 0 Å². The first-order chi connectivity index (χ1) is 8.48. The van der Waals surface area contributed by atoms with Crippen LogP contribution < -0.4 is 11.3 Å². The third kappa shape index (κ3) is 4.67. The van der Waals surface area contributed by atoms with Crippen LogP contribution >= 0.6 is 0 Å². The molecule has 1 aromatic heterocycles. The molecule has 3 N–H and O–H groups in total. The van der Waals surface area contributed by atoms with Crippen molar-refractivity contribution in [2.75, 3.05) is 11.5 Å². The van der Waals surface area contributed by atoms with Gasteiger partial charge in [-0.2, -0.15) is 0 Å². The first-order valence-corrected chi connectivity index (χ1v) is 7.57. The highest BCUT2D eigenvalue weighted by atomic mass is 32.2. The van der Waals surface area contributed by atoms with Gasteiger partial charge in [0.1, 0.15) is 15.7 Å². The maximum Gasteiger partial charge on any atom is 0.150 e. The van der Waals surface area contributed by atoms with Crippen molar-refractivity contribution in [2.45, 2.75) is 25.8 Å². The van der Waals surface area contributed by atoms with Crippen LogP contribution in [-0.4, -0.2) is 24.9 Å². The second-order valence-corrected chi connectivity index (χ2v) is 6.51.